The van der Waals surface area contributed by atoms with Gasteiger partial charge >= 0.3 is 6.18 Å². The van der Waals surface area contributed by atoms with E-state index in [-0.39, 0.29) is 30.5 Å². The van der Waals surface area contributed by atoms with Crippen molar-refractivity contribution in [3.05, 3.63) is 53.6 Å². The van der Waals surface area contributed by atoms with E-state index in [0.717, 1.165) is 11.6 Å². The number of amides is 1. The second kappa shape index (κ2) is 8.00. The van der Waals surface area contributed by atoms with Gasteiger partial charge in [-0.25, -0.2) is 0 Å². The van der Waals surface area contributed by atoms with Gasteiger partial charge in [0.05, 0.1) is 18.7 Å². The summed E-state index contributed by atoms with van der Waals surface area (Å²) < 4.78 is 50.9. The highest BCUT2D eigenvalue weighted by molar-refractivity contribution is 5.77. The molecule has 1 heterocycles. The van der Waals surface area contributed by atoms with Crippen LogP contribution >= 0.6 is 0 Å². The smallest absolute Gasteiger partial charge is 0.417 e. The highest BCUT2D eigenvalue weighted by atomic mass is 19.4. The van der Waals surface area contributed by atoms with E-state index in [1.807, 2.05) is 6.07 Å². The molecule has 0 unspecified atom stereocenters. The number of ether oxygens (including phenoxy) is 2. The van der Waals surface area contributed by atoms with E-state index in [4.69, 9.17) is 9.47 Å². The van der Waals surface area contributed by atoms with Crippen LogP contribution in [0.15, 0.2) is 42.5 Å². The molecule has 4 nitrogen and oxygen atoms in total. The van der Waals surface area contributed by atoms with Gasteiger partial charge < -0.3 is 14.8 Å². The van der Waals surface area contributed by atoms with E-state index >= 15 is 0 Å². The summed E-state index contributed by atoms with van der Waals surface area (Å²) in [6.07, 6.45) is -3.99. The predicted octanol–water partition coefficient (Wildman–Crippen LogP) is 3.83. The highest BCUT2D eigenvalue weighted by Crippen LogP contribution is 2.43. The number of fused-ring (bicyclic) bond motifs is 1. The maximum Gasteiger partial charge on any atom is 0.417 e. The van der Waals surface area contributed by atoms with Gasteiger partial charge in [0.15, 0.2) is 0 Å². The van der Waals surface area contributed by atoms with Crippen LogP contribution in [0.25, 0.3) is 11.1 Å². The van der Waals surface area contributed by atoms with Gasteiger partial charge in [-0.15, -0.1) is 0 Å². The van der Waals surface area contributed by atoms with Crippen LogP contribution in [-0.4, -0.2) is 32.3 Å². The Balaban J connectivity index is 1.79. The standard InChI is InChI=1S/C20H20F3NO3/c1-26-10-9-18(25)24-12-14-11-13-5-4-7-16(19(13)27-14)15-6-2-3-8-17(15)20(21,22)23/h2-8,14H,9-12H2,1H3,(H,24,25)/t14-/m1/s1. The number of hydrogen-bond donors (Lipinski definition) is 1. The van der Waals surface area contributed by atoms with Crippen molar-refractivity contribution < 1.29 is 27.4 Å². The van der Waals surface area contributed by atoms with Gasteiger partial charge in [0.2, 0.25) is 5.91 Å². The summed E-state index contributed by atoms with van der Waals surface area (Å²) in [5.74, 6) is 0.296. The Kier molecular flexibility index (Phi) is 5.70. The number of alkyl halides is 3. The lowest BCUT2D eigenvalue weighted by atomic mass is 9.96. The third-order valence-electron chi connectivity index (χ3n) is 4.41. The zero-order chi connectivity index (χ0) is 19.4. The minimum absolute atomic E-state index is 0.0895. The Morgan fingerprint density at radius 3 is 2.67 bits per heavy atom. The summed E-state index contributed by atoms with van der Waals surface area (Å²) in [6.45, 7) is 0.619. The average molecular weight is 379 g/mol. The zero-order valence-electron chi connectivity index (χ0n) is 14.8. The third kappa shape index (κ3) is 4.42. The van der Waals surface area contributed by atoms with Gasteiger partial charge in [-0.1, -0.05) is 36.4 Å². The van der Waals surface area contributed by atoms with E-state index in [9.17, 15) is 18.0 Å². The van der Waals surface area contributed by atoms with Crippen LogP contribution in [0.3, 0.4) is 0 Å². The van der Waals surface area contributed by atoms with Gasteiger partial charge in [-0.3, -0.25) is 4.79 Å². The van der Waals surface area contributed by atoms with E-state index < -0.39 is 11.7 Å². The van der Waals surface area contributed by atoms with Gasteiger partial charge in [-0.2, -0.15) is 13.2 Å². The number of halogens is 3. The van der Waals surface area contributed by atoms with Crippen molar-refractivity contribution in [3.8, 4) is 16.9 Å². The number of benzene rings is 2. The molecule has 1 atom stereocenters. The Morgan fingerprint density at radius 2 is 1.93 bits per heavy atom. The predicted molar refractivity (Wildman–Crippen MR) is 94.5 cm³/mol. The molecule has 0 saturated heterocycles. The molecular formula is C20H20F3NO3. The van der Waals surface area contributed by atoms with E-state index in [0.29, 0.717) is 24.3 Å². The van der Waals surface area contributed by atoms with Gasteiger partial charge in [-0.05, 0) is 17.2 Å². The second-order valence-electron chi connectivity index (χ2n) is 6.33. The molecule has 0 saturated carbocycles. The Hall–Kier alpha value is -2.54. The molecule has 27 heavy (non-hydrogen) atoms. The van der Waals surface area contributed by atoms with E-state index in [2.05, 4.69) is 5.32 Å². The summed E-state index contributed by atoms with van der Waals surface area (Å²) in [5, 5.41) is 2.77. The molecule has 2 aromatic carbocycles. The SMILES string of the molecule is COCCC(=O)NC[C@H]1Cc2cccc(-c3ccccc3C(F)(F)F)c2O1. The zero-order valence-corrected chi connectivity index (χ0v) is 14.8. The molecule has 0 spiro atoms. The first kappa shape index (κ1) is 19.2. The highest BCUT2D eigenvalue weighted by Gasteiger charge is 2.35. The lowest BCUT2D eigenvalue weighted by Crippen LogP contribution is -2.34. The third-order valence-corrected chi connectivity index (χ3v) is 4.41. The number of hydrogen-bond acceptors (Lipinski definition) is 3. The van der Waals surface area contributed by atoms with Gasteiger partial charge in [0.25, 0.3) is 0 Å². The number of rotatable bonds is 6. The molecule has 0 aliphatic carbocycles. The van der Waals surface area contributed by atoms with Crippen LogP contribution in [0, 0.1) is 0 Å². The van der Waals surface area contributed by atoms with Crippen molar-refractivity contribution in [1.82, 2.24) is 5.32 Å². The number of para-hydroxylation sites is 1. The minimum atomic E-state index is -4.45. The van der Waals surface area contributed by atoms with Crippen LogP contribution in [0.4, 0.5) is 13.2 Å². The van der Waals surface area contributed by atoms with E-state index in [1.165, 1.54) is 19.2 Å². The summed E-state index contributed by atoms with van der Waals surface area (Å²) >= 11 is 0. The molecule has 1 aliphatic rings. The molecular weight excluding hydrogens is 359 g/mol. The first-order valence-electron chi connectivity index (χ1n) is 8.61. The molecule has 1 aliphatic heterocycles. The Labute approximate surface area is 155 Å². The molecule has 7 heteroatoms. The van der Waals surface area contributed by atoms with Crippen LogP contribution in [0.5, 0.6) is 5.75 Å². The summed E-state index contributed by atoms with van der Waals surface area (Å²) in [6, 6.07) is 10.6. The molecule has 1 N–H and O–H groups in total. The van der Waals surface area contributed by atoms with Crippen LogP contribution in [-0.2, 0) is 22.1 Å². The largest absolute Gasteiger partial charge is 0.487 e. The molecule has 144 valence electrons. The van der Waals surface area contributed by atoms with Gasteiger partial charge in [0, 0.05) is 25.5 Å². The lowest BCUT2D eigenvalue weighted by Gasteiger charge is -2.16. The lowest BCUT2D eigenvalue weighted by molar-refractivity contribution is -0.137. The van der Waals surface area contributed by atoms with Gasteiger partial charge in [0.1, 0.15) is 11.9 Å². The molecule has 0 radical (unpaired) electrons. The summed E-state index contributed by atoms with van der Waals surface area (Å²) in [7, 11) is 1.52. The van der Waals surface area contributed by atoms with Crippen molar-refractivity contribution in [3.63, 3.8) is 0 Å². The monoisotopic (exact) mass is 379 g/mol. The first-order valence-corrected chi connectivity index (χ1v) is 8.61. The molecule has 2 aromatic rings. The van der Waals surface area contributed by atoms with Crippen molar-refractivity contribution >= 4 is 5.91 Å². The summed E-state index contributed by atoms with van der Waals surface area (Å²) in [4.78, 5) is 11.7. The van der Waals surface area contributed by atoms with Crippen LogP contribution in [0.2, 0.25) is 0 Å². The Bertz CT molecular complexity index is 820. The number of carbonyl (C=O) groups is 1. The van der Waals surface area contributed by atoms with Crippen LogP contribution < -0.4 is 10.1 Å². The fourth-order valence-electron chi connectivity index (χ4n) is 3.14. The quantitative estimate of drug-likeness (QED) is 0.830. The molecule has 3 rings (SSSR count). The topological polar surface area (TPSA) is 47.6 Å². The fraction of sp³-hybridized carbons (Fsp3) is 0.350. The van der Waals surface area contributed by atoms with Crippen LogP contribution in [0.1, 0.15) is 17.5 Å². The maximum absolute atomic E-state index is 13.4. The summed E-state index contributed by atoms with van der Waals surface area (Å²) in [5.41, 5.74) is 0.638. The normalized spacial score (nSPS) is 15.9. The number of carbonyl (C=O) groups excluding carboxylic acids is 1. The molecule has 0 bridgehead atoms. The Morgan fingerprint density at radius 1 is 1.19 bits per heavy atom. The molecule has 0 aromatic heterocycles. The number of nitrogens with one attached hydrogen (secondary N) is 1. The first-order chi connectivity index (χ1) is 12.9. The van der Waals surface area contributed by atoms with E-state index in [1.54, 1.807) is 18.2 Å². The van der Waals surface area contributed by atoms with Crippen molar-refractivity contribution in [1.29, 1.82) is 0 Å². The van der Waals surface area contributed by atoms with Crippen molar-refractivity contribution in [2.24, 2.45) is 0 Å². The van der Waals surface area contributed by atoms with Crippen molar-refractivity contribution in [2.45, 2.75) is 25.1 Å². The second-order valence-corrected chi connectivity index (χ2v) is 6.33. The molecule has 0 fully saturated rings. The van der Waals surface area contributed by atoms with Crippen molar-refractivity contribution in [2.75, 3.05) is 20.3 Å². The fourth-order valence-corrected chi connectivity index (χ4v) is 3.14. The minimum Gasteiger partial charge on any atom is -0.487 e. The maximum atomic E-state index is 13.4. The number of methoxy groups -OCH3 is 1. The molecule has 1 amide bonds. The average Bonchev–Trinajstić information content (AvgIpc) is 3.07.